The van der Waals surface area contributed by atoms with Crippen LogP contribution in [0.15, 0.2) is 35.9 Å². The molecule has 0 amide bonds. The van der Waals surface area contributed by atoms with Gasteiger partial charge >= 0.3 is 5.97 Å². The molecule has 0 unspecified atom stereocenters. The molecule has 0 spiro atoms. The summed E-state index contributed by atoms with van der Waals surface area (Å²) in [6.07, 6.45) is 11.2. The van der Waals surface area contributed by atoms with Gasteiger partial charge in [-0.3, -0.25) is 0 Å². The number of ether oxygens (including phenoxy) is 2. The van der Waals surface area contributed by atoms with Gasteiger partial charge in [0, 0.05) is 17.4 Å². The summed E-state index contributed by atoms with van der Waals surface area (Å²) in [4.78, 5) is 10.9. The third kappa shape index (κ3) is 3.32. The number of carboxylic acids is 1. The summed E-state index contributed by atoms with van der Waals surface area (Å²) in [6.45, 7) is -0.316. The maximum atomic E-state index is 10.9. The molecule has 25 heavy (non-hydrogen) atoms. The van der Waals surface area contributed by atoms with Crippen molar-refractivity contribution in [2.75, 3.05) is 6.61 Å². The van der Waals surface area contributed by atoms with E-state index in [0.717, 1.165) is 18.4 Å². The number of aliphatic carboxylic acids is 1. The first-order valence-electron chi connectivity index (χ1n) is 9.53. The van der Waals surface area contributed by atoms with E-state index in [0.29, 0.717) is 23.7 Å². The minimum absolute atomic E-state index is 0.0177. The highest BCUT2D eigenvalue weighted by Gasteiger charge is 2.44. The second kappa shape index (κ2) is 7.20. The lowest BCUT2D eigenvalue weighted by molar-refractivity contribution is -0.139. The second-order valence-corrected chi connectivity index (χ2v) is 7.45. The van der Waals surface area contributed by atoms with Crippen molar-refractivity contribution in [3.05, 3.63) is 41.5 Å². The SMILES string of the molecule is O=C(O)COc1ccccc1[C@H]1O[C@@H]2CCCC[C@@H]2C2=CCCC[C@@H]21. The van der Waals surface area contributed by atoms with E-state index < -0.39 is 5.97 Å². The van der Waals surface area contributed by atoms with Crippen LogP contribution in [-0.4, -0.2) is 23.8 Å². The van der Waals surface area contributed by atoms with Crippen molar-refractivity contribution in [2.45, 2.75) is 57.2 Å². The maximum Gasteiger partial charge on any atom is 0.341 e. The zero-order valence-corrected chi connectivity index (χ0v) is 14.5. The minimum Gasteiger partial charge on any atom is -0.482 e. The highest BCUT2D eigenvalue weighted by Crippen LogP contribution is 2.52. The normalized spacial score (nSPS) is 31.4. The molecule has 1 saturated carbocycles. The van der Waals surface area contributed by atoms with Crippen LogP contribution in [-0.2, 0) is 9.53 Å². The molecule has 0 bridgehead atoms. The quantitative estimate of drug-likeness (QED) is 0.818. The lowest BCUT2D eigenvalue weighted by Gasteiger charge is -2.47. The second-order valence-electron chi connectivity index (χ2n) is 7.45. The molecule has 2 fully saturated rings. The van der Waals surface area contributed by atoms with Gasteiger partial charge in [0.2, 0.25) is 0 Å². The molecule has 0 radical (unpaired) electrons. The fraction of sp³-hybridized carbons (Fsp3) is 0.571. The van der Waals surface area contributed by atoms with Crippen LogP contribution < -0.4 is 4.74 Å². The Balaban J connectivity index is 1.66. The standard InChI is InChI=1S/C21H26O4/c22-20(23)13-24-18-11-5-4-10-17(18)21-16-9-2-1-7-14(16)15-8-3-6-12-19(15)25-21/h4-5,7,10-11,15-16,19,21H,1-3,6,8-9,12-13H2,(H,22,23)/t15-,16+,19-,21+/m1/s1. The van der Waals surface area contributed by atoms with Crippen LogP contribution in [0, 0.1) is 11.8 Å². The Kier molecular flexibility index (Phi) is 4.80. The number of benzene rings is 1. The van der Waals surface area contributed by atoms with Gasteiger partial charge in [0.05, 0.1) is 12.2 Å². The Morgan fingerprint density at radius 3 is 2.80 bits per heavy atom. The predicted octanol–water partition coefficient (Wildman–Crippen LogP) is 4.51. The van der Waals surface area contributed by atoms with E-state index in [9.17, 15) is 4.79 Å². The summed E-state index contributed by atoms with van der Waals surface area (Å²) < 4.78 is 12.2. The molecule has 4 nitrogen and oxygen atoms in total. The van der Waals surface area contributed by atoms with Gasteiger partial charge in [0.25, 0.3) is 0 Å². The number of fused-ring (bicyclic) bond motifs is 3. The summed E-state index contributed by atoms with van der Waals surface area (Å²) >= 11 is 0. The lowest BCUT2D eigenvalue weighted by Crippen LogP contribution is -2.41. The average Bonchev–Trinajstić information content (AvgIpc) is 2.66. The molecule has 1 aromatic carbocycles. The van der Waals surface area contributed by atoms with Crippen molar-refractivity contribution in [2.24, 2.45) is 11.8 Å². The highest BCUT2D eigenvalue weighted by molar-refractivity contribution is 5.68. The van der Waals surface area contributed by atoms with Gasteiger partial charge in [-0.15, -0.1) is 0 Å². The van der Waals surface area contributed by atoms with Gasteiger partial charge in [-0.2, -0.15) is 0 Å². The van der Waals surface area contributed by atoms with E-state index >= 15 is 0 Å². The third-order valence-electron chi connectivity index (χ3n) is 5.92. The molecule has 3 aliphatic rings. The molecule has 4 heteroatoms. The van der Waals surface area contributed by atoms with E-state index in [4.69, 9.17) is 14.6 Å². The number of hydrogen-bond donors (Lipinski definition) is 1. The van der Waals surface area contributed by atoms with Gasteiger partial charge in [0.1, 0.15) is 5.75 Å². The number of para-hydroxylation sites is 1. The predicted molar refractivity (Wildman–Crippen MR) is 94.6 cm³/mol. The van der Waals surface area contributed by atoms with Crippen molar-refractivity contribution < 1.29 is 19.4 Å². The Morgan fingerprint density at radius 1 is 1.12 bits per heavy atom. The Morgan fingerprint density at radius 2 is 1.92 bits per heavy atom. The molecule has 1 heterocycles. The van der Waals surface area contributed by atoms with Crippen LogP contribution in [0.25, 0.3) is 0 Å². The van der Waals surface area contributed by atoms with Gasteiger partial charge in [-0.25, -0.2) is 4.79 Å². The zero-order chi connectivity index (χ0) is 17.2. The summed E-state index contributed by atoms with van der Waals surface area (Å²) in [7, 11) is 0. The van der Waals surface area contributed by atoms with Gasteiger partial charge < -0.3 is 14.6 Å². The van der Waals surface area contributed by atoms with E-state index in [2.05, 4.69) is 6.08 Å². The molecule has 1 aliphatic heterocycles. The Bertz CT molecular complexity index is 666. The van der Waals surface area contributed by atoms with Crippen LogP contribution in [0.2, 0.25) is 0 Å². The van der Waals surface area contributed by atoms with Crippen molar-refractivity contribution in [1.29, 1.82) is 0 Å². The molecule has 1 saturated heterocycles. The van der Waals surface area contributed by atoms with E-state index in [1.54, 1.807) is 5.57 Å². The summed E-state index contributed by atoms with van der Waals surface area (Å²) in [5.41, 5.74) is 2.60. The van der Waals surface area contributed by atoms with Crippen LogP contribution in [0.3, 0.4) is 0 Å². The molecule has 4 atom stereocenters. The number of carboxylic acid groups (broad SMARTS) is 1. The number of carbonyl (C=O) groups is 1. The molecule has 2 aliphatic carbocycles. The smallest absolute Gasteiger partial charge is 0.341 e. The van der Waals surface area contributed by atoms with Crippen LogP contribution in [0.5, 0.6) is 5.75 Å². The first-order chi connectivity index (χ1) is 12.2. The molecule has 1 N–H and O–H groups in total. The lowest BCUT2D eigenvalue weighted by atomic mass is 9.68. The minimum atomic E-state index is -0.954. The van der Waals surface area contributed by atoms with Crippen molar-refractivity contribution in [3.8, 4) is 5.75 Å². The van der Waals surface area contributed by atoms with Gasteiger partial charge in [-0.05, 0) is 38.2 Å². The average molecular weight is 342 g/mol. The maximum absolute atomic E-state index is 10.9. The summed E-state index contributed by atoms with van der Waals surface area (Å²) in [5.74, 6) is 0.684. The topological polar surface area (TPSA) is 55.8 Å². The first-order valence-corrected chi connectivity index (χ1v) is 9.53. The zero-order valence-electron chi connectivity index (χ0n) is 14.5. The molecule has 0 aromatic heterocycles. The van der Waals surface area contributed by atoms with E-state index in [1.807, 2.05) is 24.3 Å². The fourth-order valence-electron chi connectivity index (χ4n) is 4.88. The third-order valence-corrected chi connectivity index (χ3v) is 5.92. The van der Waals surface area contributed by atoms with Gasteiger partial charge in [0.15, 0.2) is 6.61 Å². The van der Waals surface area contributed by atoms with Gasteiger partial charge in [-0.1, -0.05) is 42.7 Å². The van der Waals surface area contributed by atoms with E-state index in [-0.39, 0.29) is 12.7 Å². The number of rotatable bonds is 4. The number of allylic oxidation sites excluding steroid dienone is 1. The van der Waals surface area contributed by atoms with Crippen LogP contribution in [0.1, 0.15) is 56.6 Å². The summed E-state index contributed by atoms with van der Waals surface area (Å²) in [6, 6.07) is 7.79. The van der Waals surface area contributed by atoms with Crippen molar-refractivity contribution in [3.63, 3.8) is 0 Å². The molecular formula is C21H26O4. The Hall–Kier alpha value is -1.81. The molecular weight excluding hydrogens is 316 g/mol. The van der Waals surface area contributed by atoms with Crippen LogP contribution in [0.4, 0.5) is 0 Å². The molecule has 4 rings (SSSR count). The number of hydrogen-bond acceptors (Lipinski definition) is 3. The molecule has 1 aromatic rings. The van der Waals surface area contributed by atoms with Crippen molar-refractivity contribution >= 4 is 5.97 Å². The van der Waals surface area contributed by atoms with Crippen molar-refractivity contribution in [1.82, 2.24) is 0 Å². The van der Waals surface area contributed by atoms with Crippen LogP contribution >= 0.6 is 0 Å². The first kappa shape index (κ1) is 16.6. The Labute approximate surface area is 148 Å². The summed E-state index contributed by atoms with van der Waals surface area (Å²) in [5, 5.41) is 8.95. The monoisotopic (exact) mass is 342 g/mol. The largest absolute Gasteiger partial charge is 0.482 e. The van der Waals surface area contributed by atoms with E-state index in [1.165, 1.54) is 32.1 Å². The highest BCUT2D eigenvalue weighted by atomic mass is 16.5. The molecule has 134 valence electrons. The fourth-order valence-corrected chi connectivity index (χ4v) is 4.88.